The van der Waals surface area contributed by atoms with Crippen molar-refractivity contribution in [3.05, 3.63) is 35.6 Å². The second-order valence-corrected chi connectivity index (χ2v) is 5.85. The third kappa shape index (κ3) is 3.46. The Morgan fingerprint density at radius 3 is 2.72 bits per heavy atom. The highest BCUT2D eigenvalue weighted by atomic mass is 35.5. The Morgan fingerprint density at radius 2 is 2.11 bits per heavy atom. The lowest BCUT2D eigenvalue weighted by atomic mass is 9.78. The highest BCUT2D eigenvalue weighted by Crippen LogP contribution is 2.33. The highest BCUT2D eigenvalue weighted by molar-refractivity contribution is 6.18. The Bertz CT molecular complexity index is 386. The van der Waals surface area contributed by atoms with Crippen LogP contribution in [-0.2, 0) is 6.54 Å². The van der Waals surface area contributed by atoms with Crippen LogP contribution >= 0.6 is 11.6 Å². The minimum atomic E-state index is -0.175. The van der Waals surface area contributed by atoms with Crippen LogP contribution in [0.2, 0.25) is 0 Å². The molecule has 1 aromatic carbocycles. The van der Waals surface area contributed by atoms with Gasteiger partial charge in [-0.2, -0.15) is 0 Å². The molecule has 0 aliphatic heterocycles. The van der Waals surface area contributed by atoms with Gasteiger partial charge in [-0.3, -0.25) is 0 Å². The Kier molecular flexibility index (Phi) is 4.63. The molecular weight excluding hydrogens is 249 g/mol. The van der Waals surface area contributed by atoms with Crippen molar-refractivity contribution in [1.82, 2.24) is 5.32 Å². The zero-order valence-corrected chi connectivity index (χ0v) is 11.6. The van der Waals surface area contributed by atoms with Crippen molar-refractivity contribution in [2.24, 2.45) is 5.92 Å². The summed E-state index contributed by atoms with van der Waals surface area (Å²) in [5.74, 6) is 1.26. The van der Waals surface area contributed by atoms with Gasteiger partial charge < -0.3 is 5.32 Å². The SMILES string of the molecule is CC1CCC(CCl)(NCc2cccc(F)c2)CC1. The van der Waals surface area contributed by atoms with Gasteiger partial charge in [-0.1, -0.05) is 19.1 Å². The molecule has 0 atom stereocenters. The molecule has 1 nitrogen and oxygen atoms in total. The molecule has 1 aliphatic carbocycles. The van der Waals surface area contributed by atoms with E-state index >= 15 is 0 Å². The quantitative estimate of drug-likeness (QED) is 0.812. The molecule has 0 unspecified atom stereocenters. The van der Waals surface area contributed by atoms with Crippen molar-refractivity contribution in [3.8, 4) is 0 Å². The van der Waals surface area contributed by atoms with Crippen LogP contribution in [0.15, 0.2) is 24.3 Å². The smallest absolute Gasteiger partial charge is 0.123 e. The lowest BCUT2D eigenvalue weighted by Crippen LogP contribution is -2.49. The summed E-state index contributed by atoms with van der Waals surface area (Å²) >= 11 is 6.15. The van der Waals surface area contributed by atoms with E-state index in [1.165, 1.54) is 18.9 Å². The van der Waals surface area contributed by atoms with Crippen LogP contribution in [0.5, 0.6) is 0 Å². The Hall–Kier alpha value is -0.600. The molecule has 0 aromatic heterocycles. The van der Waals surface area contributed by atoms with Crippen molar-refractivity contribution in [3.63, 3.8) is 0 Å². The third-order valence-electron chi connectivity index (χ3n) is 4.04. The topological polar surface area (TPSA) is 12.0 Å². The minimum Gasteiger partial charge on any atom is -0.306 e. The summed E-state index contributed by atoms with van der Waals surface area (Å²) < 4.78 is 13.1. The van der Waals surface area contributed by atoms with Crippen molar-refractivity contribution in [2.45, 2.75) is 44.7 Å². The summed E-state index contributed by atoms with van der Waals surface area (Å²) in [6.45, 7) is 2.99. The first kappa shape index (κ1) is 13.8. The average molecular weight is 270 g/mol. The van der Waals surface area contributed by atoms with E-state index in [1.54, 1.807) is 12.1 Å². The van der Waals surface area contributed by atoms with Crippen LogP contribution in [0.1, 0.15) is 38.2 Å². The summed E-state index contributed by atoms with van der Waals surface area (Å²) in [4.78, 5) is 0. The van der Waals surface area contributed by atoms with Gasteiger partial charge in [0.1, 0.15) is 5.82 Å². The van der Waals surface area contributed by atoms with Crippen LogP contribution < -0.4 is 5.32 Å². The number of halogens is 2. The van der Waals surface area contributed by atoms with Gasteiger partial charge in [-0.15, -0.1) is 11.6 Å². The molecule has 0 saturated heterocycles. The monoisotopic (exact) mass is 269 g/mol. The van der Waals surface area contributed by atoms with Gasteiger partial charge in [0.05, 0.1) is 0 Å². The van der Waals surface area contributed by atoms with Crippen molar-refractivity contribution >= 4 is 11.6 Å². The van der Waals surface area contributed by atoms with Crippen LogP contribution in [0.3, 0.4) is 0 Å². The van der Waals surface area contributed by atoms with Gasteiger partial charge in [0, 0.05) is 18.0 Å². The maximum Gasteiger partial charge on any atom is 0.123 e. The van der Waals surface area contributed by atoms with E-state index in [0.29, 0.717) is 12.4 Å². The number of benzene rings is 1. The molecule has 1 fully saturated rings. The highest BCUT2D eigenvalue weighted by Gasteiger charge is 2.32. The van der Waals surface area contributed by atoms with Crippen LogP contribution in [0, 0.1) is 11.7 Å². The molecule has 1 N–H and O–H groups in total. The third-order valence-corrected chi connectivity index (χ3v) is 4.56. The van der Waals surface area contributed by atoms with Gasteiger partial charge in [0.15, 0.2) is 0 Å². The number of rotatable bonds is 4. The fourth-order valence-electron chi connectivity index (χ4n) is 2.61. The number of alkyl halides is 1. The maximum atomic E-state index is 13.1. The van der Waals surface area contributed by atoms with E-state index < -0.39 is 0 Å². The summed E-state index contributed by atoms with van der Waals surface area (Å²) in [6.07, 6.45) is 4.69. The Balaban J connectivity index is 1.95. The minimum absolute atomic E-state index is 0.0420. The molecule has 1 aliphatic rings. The summed E-state index contributed by atoms with van der Waals surface area (Å²) in [5.41, 5.74) is 1.03. The number of hydrogen-bond acceptors (Lipinski definition) is 1. The van der Waals surface area contributed by atoms with E-state index in [0.717, 1.165) is 24.3 Å². The molecule has 0 amide bonds. The predicted molar refractivity (Wildman–Crippen MR) is 74.3 cm³/mol. The summed E-state index contributed by atoms with van der Waals surface area (Å²) in [5, 5.41) is 3.55. The fraction of sp³-hybridized carbons (Fsp3) is 0.600. The molecule has 100 valence electrons. The van der Waals surface area contributed by atoms with Crippen LogP contribution in [0.4, 0.5) is 4.39 Å². The van der Waals surface area contributed by atoms with Crippen molar-refractivity contribution in [2.75, 3.05) is 5.88 Å². The zero-order chi connectivity index (χ0) is 13.0. The summed E-state index contributed by atoms with van der Waals surface area (Å²) in [7, 11) is 0. The van der Waals surface area contributed by atoms with E-state index in [4.69, 9.17) is 11.6 Å². The molecule has 0 heterocycles. The van der Waals surface area contributed by atoms with E-state index in [9.17, 15) is 4.39 Å². The normalized spacial score (nSPS) is 28.3. The van der Waals surface area contributed by atoms with Gasteiger partial charge >= 0.3 is 0 Å². The molecule has 18 heavy (non-hydrogen) atoms. The second-order valence-electron chi connectivity index (χ2n) is 5.58. The second kappa shape index (κ2) is 6.03. The average Bonchev–Trinajstić information content (AvgIpc) is 2.39. The molecule has 0 bridgehead atoms. The van der Waals surface area contributed by atoms with Gasteiger partial charge in [-0.05, 0) is 49.3 Å². The largest absolute Gasteiger partial charge is 0.306 e. The maximum absolute atomic E-state index is 13.1. The Labute approximate surface area is 114 Å². The molecular formula is C15H21ClFN. The van der Waals surface area contributed by atoms with Crippen LogP contribution in [0.25, 0.3) is 0 Å². The number of hydrogen-bond donors (Lipinski definition) is 1. The first-order valence-electron chi connectivity index (χ1n) is 6.69. The fourth-order valence-corrected chi connectivity index (χ4v) is 2.97. The standard InChI is InChI=1S/C15H21ClFN/c1-12-5-7-15(11-16,8-6-12)18-10-13-3-2-4-14(17)9-13/h2-4,9,12,18H,5-8,10-11H2,1H3. The predicted octanol–water partition coefficient (Wildman–Crippen LogP) is 4.10. The van der Waals surface area contributed by atoms with E-state index in [2.05, 4.69) is 12.2 Å². The molecule has 2 rings (SSSR count). The van der Waals surface area contributed by atoms with E-state index in [-0.39, 0.29) is 11.4 Å². The zero-order valence-electron chi connectivity index (χ0n) is 10.9. The molecule has 0 radical (unpaired) electrons. The van der Waals surface area contributed by atoms with Crippen molar-refractivity contribution in [1.29, 1.82) is 0 Å². The lowest BCUT2D eigenvalue weighted by Gasteiger charge is -2.39. The van der Waals surface area contributed by atoms with Gasteiger partial charge in [0.25, 0.3) is 0 Å². The number of nitrogens with one attached hydrogen (secondary N) is 1. The lowest BCUT2D eigenvalue weighted by molar-refractivity contribution is 0.216. The summed E-state index contributed by atoms with van der Waals surface area (Å²) in [6, 6.07) is 6.76. The van der Waals surface area contributed by atoms with Gasteiger partial charge in [0.2, 0.25) is 0 Å². The van der Waals surface area contributed by atoms with Gasteiger partial charge in [-0.25, -0.2) is 4.39 Å². The molecule has 1 aromatic rings. The molecule has 1 saturated carbocycles. The van der Waals surface area contributed by atoms with Crippen LogP contribution in [-0.4, -0.2) is 11.4 Å². The van der Waals surface area contributed by atoms with Crippen molar-refractivity contribution < 1.29 is 4.39 Å². The molecule has 0 spiro atoms. The molecule has 3 heteroatoms. The van der Waals surface area contributed by atoms with E-state index in [1.807, 2.05) is 6.07 Å². The first-order chi connectivity index (χ1) is 8.63. The Morgan fingerprint density at radius 1 is 1.39 bits per heavy atom. The first-order valence-corrected chi connectivity index (χ1v) is 7.22.